The summed E-state index contributed by atoms with van der Waals surface area (Å²) in [5.74, 6) is 0.300. The van der Waals surface area contributed by atoms with E-state index < -0.39 is 4.92 Å². The lowest BCUT2D eigenvalue weighted by atomic mass is 10.1. The summed E-state index contributed by atoms with van der Waals surface area (Å²) in [7, 11) is 1.45. The zero-order chi connectivity index (χ0) is 15.7. The zero-order valence-corrected chi connectivity index (χ0v) is 11.6. The summed E-state index contributed by atoms with van der Waals surface area (Å²) in [4.78, 5) is 18.6. The summed E-state index contributed by atoms with van der Waals surface area (Å²) in [5, 5.41) is 21.2. The molecule has 110 valence electrons. The van der Waals surface area contributed by atoms with Crippen molar-refractivity contribution in [2.24, 2.45) is 0 Å². The molecule has 2 aromatic carbocycles. The van der Waals surface area contributed by atoms with Crippen LogP contribution in [0.25, 0.3) is 22.2 Å². The van der Waals surface area contributed by atoms with E-state index >= 15 is 0 Å². The molecule has 7 heteroatoms. The van der Waals surface area contributed by atoms with Gasteiger partial charge >= 0.3 is 0 Å². The van der Waals surface area contributed by atoms with E-state index in [1.54, 1.807) is 18.2 Å². The quantitative estimate of drug-likeness (QED) is 0.589. The summed E-state index contributed by atoms with van der Waals surface area (Å²) in [6.07, 6.45) is 1.38. The van der Waals surface area contributed by atoms with Crippen LogP contribution in [-0.4, -0.2) is 27.1 Å². The summed E-state index contributed by atoms with van der Waals surface area (Å²) in [6, 6.07) is 9.21. The van der Waals surface area contributed by atoms with E-state index in [0.717, 1.165) is 0 Å². The van der Waals surface area contributed by atoms with Gasteiger partial charge in [-0.1, -0.05) is 0 Å². The molecule has 1 heterocycles. The van der Waals surface area contributed by atoms with Crippen molar-refractivity contribution >= 4 is 16.6 Å². The number of methoxy groups -OCH3 is 1. The van der Waals surface area contributed by atoms with Gasteiger partial charge in [-0.2, -0.15) is 0 Å². The van der Waals surface area contributed by atoms with Gasteiger partial charge in [-0.3, -0.25) is 10.1 Å². The van der Waals surface area contributed by atoms with E-state index in [4.69, 9.17) is 4.74 Å². The average Bonchev–Trinajstić information content (AvgIpc) is 2.53. The first kappa shape index (κ1) is 13.7. The largest absolute Gasteiger partial charge is 0.504 e. The fourth-order valence-electron chi connectivity index (χ4n) is 2.21. The van der Waals surface area contributed by atoms with Crippen LogP contribution in [0.15, 0.2) is 42.7 Å². The minimum Gasteiger partial charge on any atom is -0.504 e. The molecule has 3 rings (SSSR count). The number of phenols is 1. The Morgan fingerprint density at radius 2 is 1.91 bits per heavy atom. The van der Waals surface area contributed by atoms with Crippen LogP contribution in [0, 0.1) is 10.1 Å². The molecule has 7 nitrogen and oxygen atoms in total. The third kappa shape index (κ3) is 2.28. The number of hydrogen-bond acceptors (Lipinski definition) is 6. The SMILES string of the molecule is COc1cc2c(-c3ccc([N+](=O)[O-])cc3)ncnc2cc1O. The second kappa shape index (κ2) is 5.28. The van der Waals surface area contributed by atoms with Crippen LogP contribution >= 0.6 is 0 Å². The highest BCUT2D eigenvalue weighted by Crippen LogP contribution is 2.34. The molecule has 3 aromatic rings. The van der Waals surface area contributed by atoms with Crippen LogP contribution < -0.4 is 4.74 Å². The van der Waals surface area contributed by atoms with E-state index in [1.807, 2.05) is 0 Å². The van der Waals surface area contributed by atoms with E-state index in [0.29, 0.717) is 27.9 Å². The molecular formula is C15H11N3O4. The van der Waals surface area contributed by atoms with Gasteiger partial charge in [-0.15, -0.1) is 0 Å². The standard InChI is InChI=1S/C15H11N3O4/c1-22-14-6-11-12(7-13(14)19)16-8-17-15(11)9-2-4-10(5-3-9)18(20)21/h2-8,19H,1H3. The molecule has 0 fully saturated rings. The normalized spacial score (nSPS) is 10.6. The van der Waals surface area contributed by atoms with E-state index in [2.05, 4.69) is 9.97 Å². The molecular weight excluding hydrogens is 286 g/mol. The fourth-order valence-corrected chi connectivity index (χ4v) is 2.21. The van der Waals surface area contributed by atoms with Crippen molar-refractivity contribution in [2.75, 3.05) is 7.11 Å². The number of nitro benzene ring substituents is 1. The highest BCUT2D eigenvalue weighted by Gasteiger charge is 2.12. The average molecular weight is 297 g/mol. The first-order valence-corrected chi connectivity index (χ1v) is 6.36. The summed E-state index contributed by atoms with van der Waals surface area (Å²) >= 11 is 0. The lowest BCUT2D eigenvalue weighted by molar-refractivity contribution is -0.384. The Kier molecular flexibility index (Phi) is 3.30. The van der Waals surface area contributed by atoms with Gasteiger partial charge in [0.05, 0.1) is 23.2 Å². The molecule has 0 unspecified atom stereocenters. The molecule has 1 N–H and O–H groups in total. The maximum Gasteiger partial charge on any atom is 0.269 e. The highest BCUT2D eigenvalue weighted by molar-refractivity contribution is 5.94. The van der Waals surface area contributed by atoms with Crippen molar-refractivity contribution < 1.29 is 14.8 Å². The molecule has 1 aromatic heterocycles. The Hall–Kier alpha value is -3.22. The van der Waals surface area contributed by atoms with Crippen LogP contribution in [0.4, 0.5) is 5.69 Å². The smallest absolute Gasteiger partial charge is 0.269 e. The van der Waals surface area contributed by atoms with E-state index in [1.165, 1.54) is 31.6 Å². The molecule has 0 aliphatic rings. The van der Waals surface area contributed by atoms with Gasteiger partial charge in [0.25, 0.3) is 5.69 Å². The first-order chi connectivity index (χ1) is 10.6. The van der Waals surface area contributed by atoms with Gasteiger partial charge < -0.3 is 9.84 Å². The predicted octanol–water partition coefficient (Wildman–Crippen LogP) is 2.92. The summed E-state index contributed by atoms with van der Waals surface area (Å²) in [6.45, 7) is 0. The van der Waals surface area contributed by atoms with E-state index in [-0.39, 0.29) is 11.4 Å². The van der Waals surface area contributed by atoms with Gasteiger partial charge in [-0.25, -0.2) is 9.97 Å². The number of hydrogen-bond donors (Lipinski definition) is 1. The van der Waals surface area contributed by atoms with Crippen LogP contribution in [0.1, 0.15) is 0 Å². The Labute approximate surface area is 125 Å². The maximum atomic E-state index is 10.7. The number of fused-ring (bicyclic) bond motifs is 1. The Balaban J connectivity index is 2.19. The van der Waals surface area contributed by atoms with Crippen LogP contribution in [0.2, 0.25) is 0 Å². The van der Waals surface area contributed by atoms with Crippen LogP contribution in [-0.2, 0) is 0 Å². The van der Waals surface area contributed by atoms with Crippen LogP contribution in [0.5, 0.6) is 11.5 Å². The monoisotopic (exact) mass is 297 g/mol. The number of aromatic nitrogens is 2. The van der Waals surface area contributed by atoms with Crippen LogP contribution in [0.3, 0.4) is 0 Å². The third-order valence-electron chi connectivity index (χ3n) is 3.29. The number of non-ortho nitro benzene ring substituents is 1. The molecule has 0 saturated heterocycles. The lowest BCUT2D eigenvalue weighted by Gasteiger charge is -2.08. The molecule has 0 radical (unpaired) electrons. The Bertz CT molecular complexity index is 863. The predicted molar refractivity (Wildman–Crippen MR) is 79.8 cm³/mol. The number of rotatable bonds is 3. The molecule has 0 atom stereocenters. The number of benzene rings is 2. The van der Waals surface area contributed by atoms with Gasteiger partial charge in [0.2, 0.25) is 0 Å². The lowest BCUT2D eigenvalue weighted by Crippen LogP contribution is -1.92. The van der Waals surface area contributed by atoms with Gasteiger partial charge in [0, 0.05) is 29.1 Å². The van der Waals surface area contributed by atoms with Gasteiger partial charge in [0.15, 0.2) is 11.5 Å². The topological polar surface area (TPSA) is 98.4 Å². The summed E-state index contributed by atoms with van der Waals surface area (Å²) < 4.78 is 5.10. The molecule has 0 spiro atoms. The van der Waals surface area contributed by atoms with Crippen molar-refractivity contribution in [3.63, 3.8) is 0 Å². The molecule has 0 amide bonds. The Morgan fingerprint density at radius 3 is 2.55 bits per heavy atom. The molecule has 0 aliphatic heterocycles. The second-order valence-electron chi connectivity index (χ2n) is 4.57. The zero-order valence-electron chi connectivity index (χ0n) is 11.6. The van der Waals surface area contributed by atoms with Crippen molar-refractivity contribution in [3.8, 4) is 22.8 Å². The maximum absolute atomic E-state index is 10.7. The minimum absolute atomic E-state index is 0.0108. The number of nitrogens with zero attached hydrogens (tertiary/aromatic N) is 3. The highest BCUT2D eigenvalue weighted by atomic mass is 16.6. The third-order valence-corrected chi connectivity index (χ3v) is 3.29. The Morgan fingerprint density at radius 1 is 1.18 bits per heavy atom. The van der Waals surface area contributed by atoms with Crippen molar-refractivity contribution in [1.82, 2.24) is 9.97 Å². The second-order valence-corrected chi connectivity index (χ2v) is 4.57. The molecule has 22 heavy (non-hydrogen) atoms. The molecule has 0 bridgehead atoms. The first-order valence-electron chi connectivity index (χ1n) is 6.36. The van der Waals surface area contributed by atoms with Crippen molar-refractivity contribution in [3.05, 3.63) is 52.8 Å². The fraction of sp³-hybridized carbons (Fsp3) is 0.0667. The van der Waals surface area contributed by atoms with Crippen molar-refractivity contribution in [1.29, 1.82) is 0 Å². The minimum atomic E-state index is -0.455. The number of nitro groups is 1. The van der Waals surface area contributed by atoms with E-state index in [9.17, 15) is 15.2 Å². The van der Waals surface area contributed by atoms with Gasteiger partial charge in [-0.05, 0) is 18.2 Å². The molecule has 0 saturated carbocycles. The number of aromatic hydroxyl groups is 1. The van der Waals surface area contributed by atoms with Crippen molar-refractivity contribution in [2.45, 2.75) is 0 Å². The van der Waals surface area contributed by atoms with Gasteiger partial charge in [0.1, 0.15) is 6.33 Å². The number of phenolic OH excluding ortho intramolecular Hbond substituents is 1. The summed E-state index contributed by atoms with van der Waals surface area (Å²) in [5.41, 5.74) is 1.89. The molecule has 0 aliphatic carbocycles. The number of ether oxygens (including phenoxy) is 1.